The Bertz CT molecular complexity index is 624. The van der Waals surface area contributed by atoms with E-state index in [0.717, 1.165) is 32.1 Å². The van der Waals surface area contributed by atoms with Gasteiger partial charge in [-0.3, -0.25) is 4.72 Å². The summed E-state index contributed by atoms with van der Waals surface area (Å²) < 4.78 is 27.4. The number of benzene rings is 1. The minimum absolute atomic E-state index is 0.0490. The van der Waals surface area contributed by atoms with Crippen molar-refractivity contribution in [2.45, 2.75) is 32.1 Å². The van der Waals surface area contributed by atoms with Gasteiger partial charge in [0.15, 0.2) is 0 Å². The maximum absolute atomic E-state index is 12.3. The van der Waals surface area contributed by atoms with Crippen LogP contribution in [0.1, 0.15) is 42.5 Å². The number of carbonyl (C=O) groups is 1. The summed E-state index contributed by atoms with van der Waals surface area (Å²) in [6, 6.07) is 4.56. The van der Waals surface area contributed by atoms with Crippen molar-refractivity contribution in [3.05, 3.63) is 28.2 Å². The molecular weight excluding hydrogens is 358 g/mol. The van der Waals surface area contributed by atoms with Gasteiger partial charge < -0.3 is 5.11 Å². The van der Waals surface area contributed by atoms with Crippen molar-refractivity contribution in [2.24, 2.45) is 5.92 Å². The zero-order chi connectivity index (χ0) is 15.5. The van der Waals surface area contributed by atoms with Crippen LogP contribution in [0.4, 0.5) is 5.69 Å². The lowest BCUT2D eigenvalue weighted by Gasteiger charge is -2.22. The van der Waals surface area contributed by atoms with E-state index in [1.165, 1.54) is 6.07 Å². The minimum Gasteiger partial charge on any atom is -0.478 e. The monoisotopic (exact) mass is 375 g/mol. The Morgan fingerprint density at radius 3 is 2.57 bits per heavy atom. The van der Waals surface area contributed by atoms with Crippen molar-refractivity contribution < 1.29 is 18.3 Å². The van der Waals surface area contributed by atoms with E-state index in [1.54, 1.807) is 12.1 Å². The summed E-state index contributed by atoms with van der Waals surface area (Å²) in [5.74, 6) is -0.952. The summed E-state index contributed by atoms with van der Waals surface area (Å²) in [6.07, 6.45) is 5.13. The quantitative estimate of drug-likeness (QED) is 0.824. The van der Waals surface area contributed by atoms with Crippen LogP contribution in [0.25, 0.3) is 0 Å². The van der Waals surface area contributed by atoms with Crippen molar-refractivity contribution in [1.82, 2.24) is 0 Å². The van der Waals surface area contributed by atoms with E-state index >= 15 is 0 Å². The normalized spacial score (nSPS) is 16.6. The molecule has 2 N–H and O–H groups in total. The minimum atomic E-state index is -3.56. The van der Waals surface area contributed by atoms with Gasteiger partial charge in [-0.1, -0.05) is 25.3 Å². The second kappa shape index (κ2) is 6.79. The molecule has 0 heterocycles. The van der Waals surface area contributed by atoms with E-state index in [0.29, 0.717) is 4.47 Å². The average molecular weight is 376 g/mol. The third kappa shape index (κ3) is 4.44. The first-order valence-electron chi connectivity index (χ1n) is 6.91. The first-order valence-corrected chi connectivity index (χ1v) is 9.36. The summed E-state index contributed by atoms with van der Waals surface area (Å²) in [5.41, 5.74) is 0.0393. The van der Waals surface area contributed by atoms with Gasteiger partial charge in [0.1, 0.15) is 0 Å². The van der Waals surface area contributed by atoms with E-state index in [4.69, 9.17) is 5.11 Å². The number of carboxylic acids is 1. The SMILES string of the molecule is O=C(O)c1cccc(Br)c1NS(=O)(=O)CC1CCCCC1. The number of aromatic carboxylic acids is 1. The van der Waals surface area contributed by atoms with E-state index in [1.807, 2.05) is 0 Å². The summed E-state index contributed by atoms with van der Waals surface area (Å²) in [7, 11) is -3.56. The first kappa shape index (κ1) is 16.3. The van der Waals surface area contributed by atoms with E-state index in [-0.39, 0.29) is 22.9 Å². The van der Waals surface area contributed by atoms with Crippen LogP contribution >= 0.6 is 15.9 Å². The smallest absolute Gasteiger partial charge is 0.337 e. The highest BCUT2D eigenvalue weighted by atomic mass is 79.9. The number of hydrogen-bond donors (Lipinski definition) is 2. The molecule has 0 amide bonds. The number of halogens is 1. The largest absolute Gasteiger partial charge is 0.478 e. The maximum atomic E-state index is 12.3. The summed E-state index contributed by atoms with van der Waals surface area (Å²) >= 11 is 3.20. The Morgan fingerprint density at radius 1 is 1.29 bits per heavy atom. The number of nitrogens with one attached hydrogen (secondary N) is 1. The average Bonchev–Trinajstić information content (AvgIpc) is 2.41. The molecular formula is C14H18BrNO4S. The fraction of sp³-hybridized carbons (Fsp3) is 0.500. The van der Waals surface area contributed by atoms with Crippen molar-refractivity contribution >= 4 is 37.6 Å². The van der Waals surface area contributed by atoms with Crippen LogP contribution in [0, 0.1) is 5.92 Å². The summed E-state index contributed by atoms with van der Waals surface area (Å²) in [5, 5.41) is 9.15. The number of carboxylic acid groups (broad SMARTS) is 1. The molecule has 0 saturated heterocycles. The molecule has 0 unspecified atom stereocenters. The Hall–Kier alpha value is -1.08. The molecule has 2 rings (SSSR count). The van der Waals surface area contributed by atoms with Crippen molar-refractivity contribution in [1.29, 1.82) is 0 Å². The number of para-hydroxylation sites is 1. The highest BCUT2D eigenvalue weighted by molar-refractivity contribution is 9.10. The predicted octanol–water partition coefficient (Wildman–Crippen LogP) is 3.47. The van der Waals surface area contributed by atoms with Gasteiger partial charge in [0.05, 0.1) is 17.0 Å². The zero-order valence-electron chi connectivity index (χ0n) is 11.5. The fourth-order valence-electron chi connectivity index (χ4n) is 2.67. The molecule has 0 aromatic heterocycles. The van der Waals surface area contributed by atoms with Gasteiger partial charge in [-0.05, 0) is 46.8 Å². The molecule has 1 fully saturated rings. The van der Waals surface area contributed by atoms with Crippen LogP contribution in [0.3, 0.4) is 0 Å². The lowest BCUT2D eigenvalue weighted by molar-refractivity contribution is 0.0698. The van der Waals surface area contributed by atoms with Gasteiger partial charge in [0.25, 0.3) is 0 Å². The van der Waals surface area contributed by atoms with Gasteiger partial charge >= 0.3 is 5.97 Å². The molecule has 116 valence electrons. The van der Waals surface area contributed by atoms with E-state index < -0.39 is 16.0 Å². The number of anilines is 1. The molecule has 0 atom stereocenters. The van der Waals surface area contributed by atoms with E-state index in [9.17, 15) is 13.2 Å². The number of hydrogen-bond acceptors (Lipinski definition) is 3. The van der Waals surface area contributed by atoms with E-state index in [2.05, 4.69) is 20.7 Å². The predicted molar refractivity (Wildman–Crippen MR) is 85.1 cm³/mol. The second-order valence-electron chi connectivity index (χ2n) is 5.36. The lowest BCUT2D eigenvalue weighted by Crippen LogP contribution is -2.25. The third-order valence-electron chi connectivity index (χ3n) is 3.68. The van der Waals surface area contributed by atoms with Gasteiger partial charge in [-0.25, -0.2) is 13.2 Å². The molecule has 1 aliphatic rings. The standard InChI is InChI=1S/C14H18BrNO4S/c15-12-8-4-7-11(14(17)18)13(12)16-21(19,20)9-10-5-2-1-3-6-10/h4,7-8,10,16H,1-3,5-6,9H2,(H,17,18). The molecule has 5 nitrogen and oxygen atoms in total. The first-order chi connectivity index (χ1) is 9.89. The van der Waals surface area contributed by atoms with Gasteiger partial charge in [0.2, 0.25) is 10.0 Å². The molecule has 1 aromatic rings. The second-order valence-corrected chi connectivity index (χ2v) is 7.98. The highest BCUT2D eigenvalue weighted by Gasteiger charge is 2.24. The Labute approximate surface area is 132 Å². The van der Waals surface area contributed by atoms with Crippen LogP contribution < -0.4 is 4.72 Å². The molecule has 0 radical (unpaired) electrons. The molecule has 1 aliphatic carbocycles. The van der Waals surface area contributed by atoms with Crippen LogP contribution in [-0.4, -0.2) is 25.2 Å². The van der Waals surface area contributed by atoms with Gasteiger partial charge in [-0.15, -0.1) is 0 Å². The molecule has 0 bridgehead atoms. The molecule has 7 heteroatoms. The molecule has 1 aromatic carbocycles. The topological polar surface area (TPSA) is 83.5 Å². The van der Waals surface area contributed by atoms with Gasteiger partial charge in [0, 0.05) is 4.47 Å². The van der Waals surface area contributed by atoms with Gasteiger partial charge in [-0.2, -0.15) is 0 Å². The van der Waals surface area contributed by atoms with Crippen LogP contribution in [0.2, 0.25) is 0 Å². The van der Waals surface area contributed by atoms with Crippen molar-refractivity contribution in [2.75, 3.05) is 10.5 Å². The number of sulfonamides is 1. The maximum Gasteiger partial charge on any atom is 0.337 e. The Balaban J connectivity index is 2.18. The van der Waals surface area contributed by atoms with Crippen LogP contribution in [0.15, 0.2) is 22.7 Å². The summed E-state index contributed by atoms with van der Waals surface area (Å²) in [4.78, 5) is 11.2. The van der Waals surface area contributed by atoms with Crippen molar-refractivity contribution in [3.8, 4) is 0 Å². The van der Waals surface area contributed by atoms with Crippen molar-refractivity contribution in [3.63, 3.8) is 0 Å². The van der Waals surface area contributed by atoms with Crippen LogP contribution in [-0.2, 0) is 10.0 Å². The Morgan fingerprint density at radius 2 is 1.95 bits per heavy atom. The zero-order valence-corrected chi connectivity index (χ0v) is 13.9. The van der Waals surface area contributed by atoms with Crippen LogP contribution in [0.5, 0.6) is 0 Å². The third-order valence-corrected chi connectivity index (χ3v) is 5.77. The molecule has 1 saturated carbocycles. The molecule has 0 aliphatic heterocycles. The lowest BCUT2D eigenvalue weighted by atomic mass is 9.91. The fourth-order valence-corrected chi connectivity index (χ4v) is 4.83. The highest BCUT2D eigenvalue weighted by Crippen LogP contribution is 2.29. The summed E-state index contributed by atoms with van der Waals surface area (Å²) in [6.45, 7) is 0. The molecule has 21 heavy (non-hydrogen) atoms. The molecule has 0 spiro atoms. The Kier molecular flexibility index (Phi) is 5.27. The number of rotatable bonds is 5.